The molecular formula is C18H29NO5S3Si. The molecule has 3 rings (SSSR count). The second kappa shape index (κ2) is 8.54. The highest BCUT2D eigenvalue weighted by molar-refractivity contribution is 8.23. The molecule has 0 spiro atoms. The maximum Gasteiger partial charge on any atom is 0.354 e. The van der Waals surface area contributed by atoms with Gasteiger partial charge in [-0.25, -0.2) is 4.79 Å². The van der Waals surface area contributed by atoms with Crippen molar-refractivity contribution < 1.29 is 23.7 Å². The fourth-order valence-corrected chi connectivity index (χ4v) is 9.64. The number of carbonyl (C=O) groups is 2. The number of carboxylic acids is 1. The van der Waals surface area contributed by atoms with Crippen molar-refractivity contribution in [3.63, 3.8) is 0 Å². The van der Waals surface area contributed by atoms with Gasteiger partial charge in [-0.05, 0) is 18.5 Å². The molecule has 0 aliphatic carbocycles. The first-order valence-electron chi connectivity index (χ1n) is 9.61. The Morgan fingerprint density at radius 1 is 1.50 bits per heavy atom. The second-order valence-electron chi connectivity index (χ2n) is 8.88. The molecule has 0 radical (unpaired) electrons. The van der Waals surface area contributed by atoms with Crippen LogP contribution in [0.5, 0.6) is 0 Å². The van der Waals surface area contributed by atoms with Gasteiger partial charge in [-0.2, -0.15) is 0 Å². The Morgan fingerprint density at radius 3 is 2.68 bits per heavy atom. The van der Waals surface area contributed by atoms with Crippen LogP contribution >= 0.6 is 23.5 Å². The summed E-state index contributed by atoms with van der Waals surface area (Å²) in [7, 11) is -1.21. The zero-order valence-corrected chi connectivity index (χ0v) is 20.6. The summed E-state index contributed by atoms with van der Waals surface area (Å²) >= 11 is 2.18. The van der Waals surface area contributed by atoms with Crippen LogP contribution < -0.4 is 0 Å². The number of hydrogen-bond donors (Lipinski definition) is 1. The van der Waals surface area contributed by atoms with E-state index in [1.165, 1.54) is 28.4 Å². The van der Waals surface area contributed by atoms with E-state index in [4.69, 9.17) is 4.43 Å². The molecular weight excluding hydrogens is 434 g/mol. The Balaban J connectivity index is 1.79. The van der Waals surface area contributed by atoms with E-state index >= 15 is 0 Å². The van der Waals surface area contributed by atoms with Gasteiger partial charge in [0.25, 0.3) is 0 Å². The first kappa shape index (κ1) is 22.5. The van der Waals surface area contributed by atoms with Crippen LogP contribution in [0.4, 0.5) is 0 Å². The summed E-state index contributed by atoms with van der Waals surface area (Å²) < 4.78 is 18.4. The number of fused-ring (bicyclic) bond motifs is 1. The lowest BCUT2D eigenvalue weighted by Gasteiger charge is -2.49. The van der Waals surface area contributed by atoms with Gasteiger partial charge in [-0.15, -0.1) is 11.8 Å². The third-order valence-corrected chi connectivity index (χ3v) is 10.8. The summed E-state index contributed by atoms with van der Waals surface area (Å²) in [6, 6.07) is 0. The molecule has 0 bridgehead atoms. The van der Waals surface area contributed by atoms with E-state index in [0.717, 1.165) is 6.42 Å². The molecule has 2 saturated heterocycles. The van der Waals surface area contributed by atoms with E-state index in [-0.39, 0.29) is 39.5 Å². The average molecular weight is 464 g/mol. The highest BCUT2D eigenvalue weighted by Crippen LogP contribution is 2.57. The van der Waals surface area contributed by atoms with Crippen LogP contribution in [0.15, 0.2) is 9.93 Å². The maximum atomic E-state index is 13.0. The van der Waals surface area contributed by atoms with E-state index in [1.54, 1.807) is 0 Å². The topological polar surface area (TPSA) is 89.9 Å². The van der Waals surface area contributed by atoms with Gasteiger partial charge in [0, 0.05) is 18.9 Å². The Hall–Kier alpha value is -0.133. The third kappa shape index (κ3) is 4.46. The average Bonchev–Trinajstić information content (AvgIpc) is 3.11. The standard InChI is InChI=1S/C18H29NO5S3Si/c1-18(2,3)11(8-24-28(4)5)12-14(20)19-13(16(21)22)17(26-15(12)19)25-10-6-7-27(23)9-10/h10-12,15,28H,6-9H2,1-5H3,(H,21,22)/t10?,11-,12+,15-,27?/m1/s1. The zero-order valence-electron chi connectivity index (χ0n) is 17.0. The van der Waals surface area contributed by atoms with Crippen LogP contribution in [0.25, 0.3) is 0 Å². The molecule has 10 heteroatoms. The fraction of sp³-hybridized carbons (Fsp3) is 0.778. The molecule has 0 aromatic heterocycles. The minimum atomic E-state index is -1.21. The van der Waals surface area contributed by atoms with E-state index in [2.05, 4.69) is 33.9 Å². The van der Waals surface area contributed by atoms with Gasteiger partial charge in [0.15, 0.2) is 14.7 Å². The molecule has 3 heterocycles. The smallest absolute Gasteiger partial charge is 0.354 e. The lowest BCUT2D eigenvalue weighted by molar-refractivity contribution is -0.158. The predicted octanol–water partition coefficient (Wildman–Crippen LogP) is 2.69. The van der Waals surface area contributed by atoms with Crippen molar-refractivity contribution in [3.05, 3.63) is 9.93 Å². The third-order valence-electron chi connectivity index (χ3n) is 5.42. The SMILES string of the molecule is C[SiH](C)OC[C@H]([C@H]1C(=O)N2C(C(=O)O)=C(SC3CC[S+]([O-])C3)S[C@H]12)C(C)(C)C. The van der Waals surface area contributed by atoms with Crippen molar-refractivity contribution in [2.24, 2.45) is 17.3 Å². The number of rotatable bonds is 7. The molecule has 3 aliphatic rings. The van der Waals surface area contributed by atoms with Crippen LogP contribution in [0.2, 0.25) is 13.1 Å². The zero-order chi connectivity index (χ0) is 20.8. The number of thioether (sulfide) groups is 2. The summed E-state index contributed by atoms with van der Waals surface area (Å²) in [6.07, 6.45) is 0.827. The number of hydrogen-bond acceptors (Lipinski definition) is 6. The van der Waals surface area contributed by atoms with Crippen molar-refractivity contribution in [2.45, 2.75) is 50.9 Å². The number of amides is 1. The quantitative estimate of drug-likeness (QED) is 0.353. The Labute approximate surface area is 180 Å². The van der Waals surface area contributed by atoms with Crippen molar-refractivity contribution in [1.82, 2.24) is 4.90 Å². The monoisotopic (exact) mass is 463 g/mol. The van der Waals surface area contributed by atoms with Gasteiger partial charge < -0.3 is 14.1 Å². The summed E-state index contributed by atoms with van der Waals surface area (Å²) in [5.74, 6) is -0.0722. The Morgan fingerprint density at radius 2 is 2.18 bits per heavy atom. The molecule has 5 atom stereocenters. The predicted molar refractivity (Wildman–Crippen MR) is 118 cm³/mol. The maximum absolute atomic E-state index is 13.0. The second-order valence-corrected chi connectivity index (χ2v) is 15.6. The lowest BCUT2D eigenvalue weighted by atomic mass is 9.70. The first-order chi connectivity index (χ1) is 13.0. The largest absolute Gasteiger partial charge is 0.616 e. The molecule has 6 nitrogen and oxygen atoms in total. The minimum Gasteiger partial charge on any atom is -0.616 e. The van der Waals surface area contributed by atoms with E-state index < -0.39 is 26.2 Å². The fourth-order valence-electron chi connectivity index (χ4n) is 3.83. The van der Waals surface area contributed by atoms with Crippen LogP contribution in [0, 0.1) is 17.3 Å². The summed E-state index contributed by atoms with van der Waals surface area (Å²) in [4.78, 5) is 26.4. The summed E-state index contributed by atoms with van der Waals surface area (Å²) in [6.45, 7) is 11.1. The van der Waals surface area contributed by atoms with Crippen LogP contribution in [-0.2, 0) is 25.2 Å². The molecule has 2 fully saturated rings. The van der Waals surface area contributed by atoms with E-state index in [1.807, 2.05) is 0 Å². The molecule has 158 valence electrons. The molecule has 3 aliphatic heterocycles. The van der Waals surface area contributed by atoms with E-state index in [0.29, 0.717) is 22.3 Å². The van der Waals surface area contributed by atoms with Gasteiger partial charge >= 0.3 is 5.97 Å². The summed E-state index contributed by atoms with van der Waals surface area (Å²) in [5.41, 5.74) is 0.00324. The van der Waals surface area contributed by atoms with Gasteiger partial charge in [0.05, 0.1) is 15.4 Å². The highest BCUT2D eigenvalue weighted by Gasteiger charge is 2.60. The van der Waals surface area contributed by atoms with Gasteiger partial charge in [-0.3, -0.25) is 9.69 Å². The molecule has 0 saturated carbocycles. The summed E-state index contributed by atoms with van der Waals surface area (Å²) in [5, 5.41) is 9.75. The number of β-lactam (4-membered cyclic amide) rings is 1. The molecule has 0 aromatic carbocycles. The van der Waals surface area contributed by atoms with Crippen LogP contribution in [0.3, 0.4) is 0 Å². The van der Waals surface area contributed by atoms with Crippen LogP contribution in [-0.4, -0.2) is 64.2 Å². The van der Waals surface area contributed by atoms with E-state index in [9.17, 15) is 19.2 Å². The van der Waals surface area contributed by atoms with Gasteiger partial charge in [0.2, 0.25) is 5.91 Å². The number of carbonyl (C=O) groups excluding carboxylic acids is 1. The van der Waals surface area contributed by atoms with Crippen molar-refractivity contribution >= 4 is 55.6 Å². The number of nitrogens with zero attached hydrogens (tertiary/aromatic N) is 1. The van der Waals surface area contributed by atoms with Crippen molar-refractivity contribution in [2.75, 3.05) is 18.1 Å². The number of aliphatic carboxylic acids is 1. The van der Waals surface area contributed by atoms with Crippen LogP contribution in [0.1, 0.15) is 27.2 Å². The van der Waals surface area contributed by atoms with Gasteiger partial charge in [-0.1, -0.05) is 43.7 Å². The lowest BCUT2D eigenvalue weighted by Crippen LogP contribution is -2.62. The minimum absolute atomic E-state index is 0.0435. The highest BCUT2D eigenvalue weighted by atomic mass is 32.2. The van der Waals surface area contributed by atoms with Gasteiger partial charge in [0.1, 0.15) is 16.9 Å². The van der Waals surface area contributed by atoms with Crippen molar-refractivity contribution in [3.8, 4) is 0 Å². The molecule has 1 amide bonds. The number of carboxylic acid groups (broad SMARTS) is 1. The molecule has 1 N–H and O–H groups in total. The molecule has 0 aromatic rings. The Bertz CT molecular complexity index is 681. The normalized spacial score (nSPS) is 31.4. The molecule has 2 unspecified atom stereocenters. The van der Waals surface area contributed by atoms with Crippen molar-refractivity contribution in [1.29, 1.82) is 0 Å². The molecule has 28 heavy (non-hydrogen) atoms. The Kier molecular flexibility index (Phi) is 6.88. The first-order valence-corrected chi connectivity index (χ1v) is 15.6.